The van der Waals surface area contributed by atoms with Crippen molar-refractivity contribution < 1.29 is 14.3 Å². The van der Waals surface area contributed by atoms with Crippen LogP contribution in [0.5, 0.6) is 5.75 Å². The number of nitrogens with one attached hydrogen (secondary N) is 1. The van der Waals surface area contributed by atoms with Gasteiger partial charge in [-0.1, -0.05) is 70.2 Å². The van der Waals surface area contributed by atoms with Crippen LogP contribution in [0, 0.1) is 5.92 Å². The molecule has 0 radical (unpaired) electrons. The fourth-order valence-corrected chi connectivity index (χ4v) is 3.20. The van der Waals surface area contributed by atoms with E-state index < -0.39 is 6.04 Å². The van der Waals surface area contributed by atoms with Gasteiger partial charge in [-0.05, 0) is 48.4 Å². The summed E-state index contributed by atoms with van der Waals surface area (Å²) in [5.74, 6) is 1.10. The summed E-state index contributed by atoms with van der Waals surface area (Å²) in [5.41, 5.74) is 2.35. The highest BCUT2D eigenvalue weighted by Crippen LogP contribution is 2.18. The summed E-state index contributed by atoms with van der Waals surface area (Å²) in [7, 11) is 0. The average Bonchev–Trinajstić information content (AvgIpc) is 2.76. The third-order valence-corrected chi connectivity index (χ3v) is 5.25. The van der Waals surface area contributed by atoms with E-state index in [0.29, 0.717) is 37.1 Å². The van der Waals surface area contributed by atoms with Crippen molar-refractivity contribution in [2.45, 2.75) is 53.0 Å². The first-order valence-corrected chi connectivity index (χ1v) is 11.1. The molecule has 2 aromatic carbocycles. The van der Waals surface area contributed by atoms with Gasteiger partial charge in [0.25, 0.3) is 5.91 Å². The molecule has 31 heavy (non-hydrogen) atoms. The minimum Gasteiger partial charge on any atom is -0.484 e. The summed E-state index contributed by atoms with van der Waals surface area (Å²) in [6.07, 6.45) is 0.678. The van der Waals surface area contributed by atoms with Crippen molar-refractivity contribution in [3.8, 4) is 5.75 Å². The van der Waals surface area contributed by atoms with Crippen LogP contribution in [0.25, 0.3) is 0 Å². The highest BCUT2D eigenvalue weighted by Gasteiger charge is 2.26. The second-order valence-electron chi connectivity index (χ2n) is 8.65. The first-order chi connectivity index (χ1) is 14.8. The van der Waals surface area contributed by atoms with E-state index >= 15 is 0 Å². The molecule has 0 aliphatic rings. The van der Waals surface area contributed by atoms with Gasteiger partial charge < -0.3 is 15.0 Å². The Kier molecular flexibility index (Phi) is 9.57. The fourth-order valence-electron chi connectivity index (χ4n) is 3.20. The van der Waals surface area contributed by atoms with E-state index in [1.54, 1.807) is 11.8 Å². The van der Waals surface area contributed by atoms with Crippen molar-refractivity contribution in [3.63, 3.8) is 0 Å². The molecular weight excluding hydrogens is 388 g/mol. The zero-order valence-corrected chi connectivity index (χ0v) is 19.4. The molecule has 0 bridgehead atoms. The average molecular weight is 425 g/mol. The van der Waals surface area contributed by atoms with Crippen molar-refractivity contribution in [1.29, 1.82) is 0 Å². The van der Waals surface area contributed by atoms with Gasteiger partial charge >= 0.3 is 0 Å². The van der Waals surface area contributed by atoms with Crippen LogP contribution in [-0.2, 0) is 16.0 Å². The quantitative estimate of drug-likeness (QED) is 0.581. The smallest absolute Gasteiger partial charge is 0.261 e. The molecule has 0 aromatic heterocycles. The lowest BCUT2D eigenvalue weighted by Crippen LogP contribution is -2.50. The van der Waals surface area contributed by atoms with Gasteiger partial charge in [0.05, 0.1) is 0 Å². The molecule has 1 atom stereocenters. The van der Waals surface area contributed by atoms with Gasteiger partial charge in [-0.15, -0.1) is 0 Å². The van der Waals surface area contributed by atoms with E-state index in [1.807, 2.05) is 68.4 Å². The first-order valence-electron chi connectivity index (χ1n) is 11.1. The van der Waals surface area contributed by atoms with E-state index in [9.17, 15) is 9.59 Å². The van der Waals surface area contributed by atoms with Crippen molar-refractivity contribution in [1.82, 2.24) is 10.2 Å². The highest BCUT2D eigenvalue weighted by molar-refractivity contribution is 5.88. The Morgan fingerprint density at radius 2 is 1.58 bits per heavy atom. The van der Waals surface area contributed by atoms with Crippen molar-refractivity contribution in [2.75, 3.05) is 19.7 Å². The summed E-state index contributed by atoms with van der Waals surface area (Å²) in [4.78, 5) is 27.3. The number of hydrogen-bond acceptors (Lipinski definition) is 3. The number of ether oxygens (including phenoxy) is 1. The maximum Gasteiger partial charge on any atom is 0.261 e. The number of carbonyl (C=O) groups excluding carboxylic acids is 2. The zero-order valence-electron chi connectivity index (χ0n) is 19.4. The van der Waals surface area contributed by atoms with E-state index in [-0.39, 0.29) is 18.4 Å². The maximum absolute atomic E-state index is 13.0. The molecule has 0 aliphatic carbocycles. The number of benzene rings is 2. The molecule has 0 spiro atoms. The van der Waals surface area contributed by atoms with Gasteiger partial charge in [0.2, 0.25) is 5.91 Å². The molecule has 168 valence electrons. The molecule has 2 amide bonds. The first kappa shape index (κ1) is 24.4. The van der Waals surface area contributed by atoms with Crippen LogP contribution < -0.4 is 10.1 Å². The number of nitrogens with zero attached hydrogens (tertiary/aromatic N) is 1. The van der Waals surface area contributed by atoms with Crippen molar-refractivity contribution in [3.05, 3.63) is 65.7 Å². The lowest BCUT2D eigenvalue weighted by Gasteiger charge is -2.29. The van der Waals surface area contributed by atoms with Gasteiger partial charge in [0, 0.05) is 13.1 Å². The Morgan fingerprint density at radius 1 is 0.935 bits per heavy atom. The molecular formula is C26H36N2O3. The standard InChI is InChI=1S/C26H36N2O3/c1-19(2)17-27-26(30)21(5)28(16-15-22-9-7-6-8-10-22)25(29)18-31-24-13-11-23(12-14-24)20(3)4/h6-14,19-21H,15-18H2,1-5H3,(H,27,30)/t21-/m0/s1. The molecule has 0 unspecified atom stereocenters. The molecule has 0 saturated carbocycles. The second kappa shape index (κ2) is 12.1. The van der Waals surface area contributed by atoms with Crippen LogP contribution in [0.4, 0.5) is 0 Å². The van der Waals surface area contributed by atoms with E-state index in [2.05, 4.69) is 19.2 Å². The topological polar surface area (TPSA) is 58.6 Å². The van der Waals surface area contributed by atoms with Crippen LogP contribution >= 0.6 is 0 Å². The van der Waals surface area contributed by atoms with Crippen molar-refractivity contribution >= 4 is 11.8 Å². The molecule has 0 saturated heterocycles. The maximum atomic E-state index is 13.0. The van der Waals surface area contributed by atoms with Crippen LogP contribution in [0.2, 0.25) is 0 Å². The van der Waals surface area contributed by atoms with Gasteiger partial charge in [0.15, 0.2) is 6.61 Å². The lowest BCUT2D eigenvalue weighted by molar-refractivity contribution is -0.141. The van der Waals surface area contributed by atoms with Crippen LogP contribution in [0.1, 0.15) is 51.7 Å². The van der Waals surface area contributed by atoms with Gasteiger partial charge in [-0.25, -0.2) is 0 Å². The number of carbonyl (C=O) groups is 2. The largest absolute Gasteiger partial charge is 0.484 e. The predicted molar refractivity (Wildman–Crippen MR) is 125 cm³/mol. The van der Waals surface area contributed by atoms with Gasteiger partial charge in [-0.2, -0.15) is 0 Å². The molecule has 2 aromatic rings. The Hall–Kier alpha value is -2.82. The number of rotatable bonds is 11. The highest BCUT2D eigenvalue weighted by atomic mass is 16.5. The SMILES string of the molecule is CC(C)CNC(=O)[C@H](C)N(CCc1ccccc1)C(=O)COc1ccc(C(C)C)cc1. The fraction of sp³-hybridized carbons (Fsp3) is 0.462. The van der Waals surface area contributed by atoms with E-state index in [0.717, 1.165) is 5.56 Å². The zero-order chi connectivity index (χ0) is 22.8. The minimum atomic E-state index is -0.568. The van der Waals surface area contributed by atoms with Crippen molar-refractivity contribution in [2.24, 2.45) is 5.92 Å². The van der Waals surface area contributed by atoms with E-state index in [4.69, 9.17) is 4.74 Å². The molecule has 0 heterocycles. The summed E-state index contributed by atoms with van der Waals surface area (Å²) >= 11 is 0. The Balaban J connectivity index is 2.04. The minimum absolute atomic E-state index is 0.0996. The second-order valence-corrected chi connectivity index (χ2v) is 8.65. The summed E-state index contributed by atoms with van der Waals surface area (Å²) in [5, 5.41) is 2.93. The number of hydrogen-bond donors (Lipinski definition) is 1. The van der Waals surface area contributed by atoms with Gasteiger partial charge in [-0.3, -0.25) is 9.59 Å². The Morgan fingerprint density at radius 3 is 2.16 bits per heavy atom. The molecule has 0 aliphatic heterocycles. The van der Waals surface area contributed by atoms with Crippen LogP contribution in [0.15, 0.2) is 54.6 Å². The van der Waals surface area contributed by atoms with E-state index in [1.165, 1.54) is 5.56 Å². The molecule has 2 rings (SSSR count). The Labute approximate surface area is 186 Å². The molecule has 1 N–H and O–H groups in total. The van der Waals surface area contributed by atoms with Gasteiger partial charge in [0.1, 0.15) is 11.8 Å². The third kappa shape index (κ3) is 8.08. The predicted octanol–water partition coefficient (Wildman–Crippen LogP) is 4.42. The molecule has 0 fully saturated rings. The molecule has 5 nitrogen and oxygen atoms in total. The molecule has 5 heteroatoms. The lowest BCUT2D eigenvalue weighted by atomic mass is 10.0. The summed E-state index contributed by atoms with van der Waals surface area (Å²) in [6, 6.07) is 17.2. The summed E-state index contributed by atoms with van der Waals surface area (Å²) in [6.45, 7) is 11.1. The third-order valence-electron chi connectivity index (χ3n) is 5.25. The number of amides is 2. The van der Waals surface area contributed by atoms with Crippen LogP contribution in [-0.4, -0.2) is 42.5 Å². The Bertz CT molecular complexity index is 816. The monoisotopic (exact) mass is 424 g/mol. The van der Waals surface area contributed by atoms with Crippen LogP contribution in [0.3, 0.4) is 0 Å². The summed E-state index contributed by atoms with van der Waals surface area (Å²) < 4.78 is 5.74. The normalized spacial score (nSPS) is 12.0.